The van der Waals surface area contributed by atoms with Gasteiger partial charge < -0.3 is 37.9 Å². The molecule has 4 aromatic carbocycles. The molecule has 2 atom stereocenters. The van der Waals surface area contributed by atoms with Crippen LogP contribution < -0.4 is 18.9 Å². The van der Waals surface area contributed by atoms with E-state index in [1.807, 2.05) is 55.4 Å². The number of benzene rings is 4. The minimum Gasteiger partial charge on any atom is -0.491 e. The van der Waals surface area contributed by atoms with Crippen LogP contribution in [0.1, 0.15) is 110 Å². The smallest absolute Gasteiger partial charge is 0.491 e. The number of hydrogen-bond acceptors (Lipinski definition) is 24. The largest absolute Gasteiger partial charge is 0.549 e. The summed E-state index contributed by atoms with van der Waals surface area (Å²) in [5, 5.41) is 0. The number of rotatable bonds is 23. The van der Waals surface area contributed by atoms with Gasteiger partial charge in [-0.05, 0) is 165 Å². The van der Waals surface area contributed by atoms with E-state index in [0.29, 0.717) is 23.0 Å². The second kappa shape index (κ2) is 30.9. The zero-order chi connectivity index (χ0) is 55.6. The van der Waals surface area contributed by atoms with E-state index in [0.717, 1.165) is 0 Å². The van der Waals surface area contributed by atoms with Crippen molar-refractivity contribution in [2.45, 2.75) is 92.6 Å². The number of ether oxygens (including phenoxy) is 8. The Kier molecular flexibility index (Phi) is 24.3. The predicted octanol–water partition coefficient (Wildman–Crippen LogP) is 9.85. The number of carbonyl (C=O) groups excluding carboxylic acids is 8. The Balaban J connectivity index is 1.44. The topological polar surface area (TPSA) is 284 Å². The monoisotopic (exact) mass is 1070 g/mol. The van der Waals surface area contributed by atoms with Crippen LogP contribution in [-0.2, 0) is 58.0 Å². The molecule has 0 aliphatic heterocycles. The molecule has 4 rings (SSSR count). The van der Waals surface area contributed by atoms with Crippen LogP contribution in [-0.4, -0.2) is 99.3 Å². The van der Waals surface area contributed by atoms with Gasteiger partial charge in [0.2, 0.25) is 0 Å². The maximum absolute atomic E-state index is 12.8. The Morgan fingerprint density at radius 2 is 0.513 bits per heavy atom. The third-order valence-corrected chi connectivity index (χ3v) is 9.50. The second-order valence-corrected chi connectivity index (χ2v) is 17.0. The summed E-state index contributed by atoms with van der Waals surface area (Å²) in [6.45, 7) is 12.1. The van der Waals surface area contributed by atoms with E-state index in [2.05, 4.69) is 39.1 Å². The lowest BCUT2D eigenvalue weighted by atomic mass is 9.88. The van der Waals surface area contributed by atoms with E-state index < -0.39 is 86.8 Å². The fourth-order valence-corrected chi connectivity index (χ4v) is 6.19. The highest BCUT2D eigenvalue weighted by Gasteiger charge is 2.29. The molecule has 410 valence electrons. The zero-order valence-electron chi connectivity index (χ0n) is 42.7. The molecule has 0 saturated heterocycles. The van der Waals surface area contributed by atoms with Crippen LogP contribution in [0.3, 0.4) is 0 Å². The minimum atomic E-state index is -1.53. The van der Waals surface area contributed by atoms with Gasteiger partial charge in [0.05, 0.1) is 73.1 Å². The molecule has 24 heteroatoms. The molecule has 0 N–H and O–H groups in total. The summed E-state index contributed by atoms with van der Waals surface area (Å²) in [5.41, 5.74) is -0.0368. The molecule has 0 aliphatic rings. The molecular formula is C52H58O24. The first-order chi connectivity index (χ1) is 36.2. The summed E-state index contributed by atoms with van der Waals surface area (Å²) in [6, 6.07) is 22.9. The van der Waals surface area contributed by atoms with Crippen molar-refractivity contribution in [3.63, 3.8) is 0 Å². The molecule has 24 nitrogen and oxygen atoms in total. The van der Waals surface area contributed by atoms with Crippen molar-refractivity contribution < 1.29 is 115 Å². The quantitative estimate of drug-likeness (QED) is 0.0289. The van der Waals surface area contributed by atoms with Gasteiger partial charge in [0, 0.05) is 11.8 Å². The lowest BCUT2D eigenvalue weighted by Gasteiger charge is -2.25. The Morgan fingerprint density at radius 3 is 0.724 bits per heavy atom. The van der Waals surface area contributed by atoms with Crippen molar-refractivity contribution in [3.8, 4) is 23.0 Å². The molecule has 0 bridgehead atoms. The molecule has 0 aliphatic carbocycles. The normalized spacial score (nSPS) is 11.5. The molecule has 0 heterocycles. The molecule has 0 aromatic heterocycles. The van der Waals surface area contributed by atoms with Gasteiger partial charge in [-0.25, -0.2) is 58.3 Å². The first-order valence-electron chi connectivity index (χ1n) is 23.5. The van der Waals surface area contributed by atoms with Crippen molar-refractivity contribution in [1.82, 2.24) is 0 Å². The highest BCUT2D eigenvalue weighted by Crippen LogP contribution is 2.24. The third kappa shape index (κ3) is 22.4. The molecular weight excluding hydrogens is 1010 g/mol. The van der Waals surface area contributed by atoms with E-state index in [9.17, 15) is 38.4 Å². The van der Waals surface area contributed by atoms with Crippen LogP contribution in [0.5, 0.6) is 23.0 Å². The van der Waals surface area contributed by atoms with Crippen molar-refractivity contribution in [1.29, 1.82) is 0 Å². The van der Waals surface area contributed by atoms with Crippen molar-refractivity contribution in [2.24, 2.45) is 11.8 Å². The van der Waals surface area contributed by atoms with E-state index in [4.69, 9.17) is 37.9 Å². The molecule has 0 saturated carbocycles. The van der Waals surface area contributed by atoms with E-state index in [1.165, 1.54) is 97.1 Å². The van der Waals surface area contributed by atoms with Crippen molar-refractivity contribution >= 4 is 48.5 Å². The lowest BCUT2D eigenvalue weighted by molar-refractivity contribution is -0.208. The summed E-state index contributed by atoms with van der Waals surface area (Å²) in [5.74, 6) is -4.55. The van der Waals surface area contributed by atoms with E-state index >= 15 is 0 Å². The Labute approximate surface area is 436 Å². The van der Waals surface area contributed by atoms with Gasteiger partial charge in [-0.3, -0.25) is 0 Å². The van der Waals surface area contributed by atoms with Gasteiger partial charge >= 0.3 is 48.5 Å². The standard InChI is InChI=1S/C52H58O24/c1-31(2)65-41-17-9-35(10-18-41)45(53)69-73-49(57)61-27-25-39(29-63-51(59)75-71-47(55)37-13-21-43(22-14-37)67-33(5)6)40(30-64-52(60)76-72-48(56)38-15-23-44(24-16-38)68-34(7)8)26-28-62-50(58)74-70-46(54)36-11-19-42(20-12-36)66-32(3)4/h9-24,31-34,39-40H,25-30H2,1-8H3. The summed E-state index contributed by atoms with van der Waals surface area (Å²) in [4.78, 5) is 138. The fourth-order valence-electron chi connectivity index (χ4n) is 6.19. The summed E-state index contributed by atoms with van der Waals surface area (Å²) in [7, 11) is 0. The van der Waals surface area contributed by atoms with E-state index in [-0.39, 0.29) is 59.5 Å². The van der Waals surface area contributed by atoms with Crippen LogP contribution >= 0.6 is 0 Å². The third-order valence-electron chi connectivity index (χ3n) is 9.50. The van der Waals surface area contributed by atoms with Gasteiger partial charge in [0.25, 0.3) is 0 Å². The molecule has 0 radical (unpaired) electrons. The van der Waals surface area contributed by atoms with Crippen LogP contribution in [0.15, 0.2) is 97.1 Å². The maximum atomic E-state index is 12.8. The van der Waals surface area contributed by atoms with Gasteiger partial charge in [0.15, 0.2) is 0 Å². The second-order valence-electron chi connectivity index (χ2n) is 17.0. The number of carbonyl (C=O) groups is 8. The number of hydrogen-bond donors (Lipinski definition) is 0. The summed E-state index contributed by atoms with van der Waals surface area (Å²) < 4.78 is 42.8. The molecule has 0 spiro atoms. The first kappa shape index (κ1) is 59.6. The van der Waals surface area contributed by atoms with Crippen LogP contribution in [0.2, 0.25) is 0 Å². The average molecular weight is 1070 g/mol. The molecule has 0 amide bonds. The van der Waals surface area contributed by atoms with Crippen LogP contribution in [0.4, 0.5) is 19.2 Å². The molecule has 0 fully saturated rings. The van der Waals surface area contributed by atoms with Gasteiger partial charge in [-0.1, -0.05) is 0 Å². The molecule has 2 unspecified atom stereocenters. The van der Waals surface area contributed by atoms with Crippen molar-refractivity contribution in [2.75, 3.05) is 26.4 Å². The van der Waals surface area contributed by atoms with Gasteiger partial charge in [-0.15, -0.1) is 0 Å². The Hall–Kier alpha value is -8.96. The minimum absolute atomic E-state index is 0.00133. The molecule has 4 aromatic rings. The average Bonchev–Trinajstić information content (AvgIpc) is 3.38. The fraction of sp³-hybridized carbons (Fsp3) is 0.385. The predicted molar refractivity (Wildman–Crippen MR) is 256 cm³/mol. The first-order valence-corrected chi connectivity index (χ1v) is 23.5. The maximum Gasteiger partial charge on any atom is 0.549 e. The SMILES string of the molecule is CC(C)Oc1ccc(C(=O)OOC(=O)OCCC(COC(=O)OOC(=O)c2ccc(OC(C)C)cc2)C(CCOC(=O)OOC(=O)c2ccc(OC(C)C)cc2)COC(=O)OOC(=O)c2ccc(OC(C)C)cc2)cc1. The lowest BCUT2D eigenvalue weighted by Crippen LogP contribution is -2.30. The zero-order valence-corrected chi connectivity index (χ0v) is 42.7. The Bertz CT molecular complexity index is 2330. The summed E-state index contributed by atoms with van der Waals surface area (Å²) >= 11 is 0. The van der Waals surface area contributed by atoms with Gasteiger partial charge in [-0.2, -0.15) is 19.2 Å². The Morgan fingerprint density at radius 1 is 0.303 bits per heavy atom. The van der Waals surface area contributed by atoms with Gasteiger partial charge in [0.1, 0.15) is 23.0 Å². The van der Waals surface area contributed by atoms with E-state index in [1.54, 1.807) is 0 Å². The van der Waals surface area contributed by atoms with Crippen LogP contribution in [0, 0.1) is 11.8 Å². The highest BCUT2D eigenvalue weighted by molar-refractivity contribution is 5.91. The molecule has 76 heavy (non-hydrogen) atoms. The van der Waals surface area contributed by atoms with Crippen molar-refractivity contribution in [3.05, 3.63) is 119 Å². The summed E-state index contributed by atoms with van der Waals surface area (Å²) in [6.07, 6.45) is -7.15. The highest BCUT2D eigenvalue weighted by atomic mass is 17.3. The van der Waals surface area contributed by atoms with Crippen LogP contribution in [0.25, 0.3) is 0 Å².